The summed E-state index contributed by atoms with van der Waals surface area (Å²) in [7, 11) is 1.62. The van der Waals surface area contributed by atoms with Crippen LogP contribution in [-0.4, -0.2) is 31.3 Å². The molecule has 1 aromatic carbocycles. The number of methoxy groups -OCH3 is 1. The highest BCUT2D eigenvalue weighted by atomic mass is 16.5. The molecular weight excluding hydrogens is 278 g/mol. The minimum Gasteiger partial charge on any atom is -0.496 e. The molecule has 0 saturated carbocycles. The summed E-state index contributed by atoms with van der Waals surface area (Å²) >= 11 is 0. The van der Waals surface area contributed by atoms with Crippen LogP contribution >= 0.6 is 0 Å². The van der Waals surface area contributed by atoms with Gasteiger partial charge in [-0.2, -0.15) is 0 Å². The third-order valence-electron chi connectivity index (χ3n) is 3.56. The summed E-state index contributed by atoms with van der Waals surface area (Å²) in [6.45, 7) is 6.79. The summed E-state index contributed by atoms with van der Waals surface area (Å²) in [6, 6.07) is 5.84. The molecule has 0 aliphatic carbocycles. The van der Waals surface area contributed by atoms with Crippen LogP contribution < -0.4 is 10.1 Å². The molecule has 0 spiro atoms. The van der Waals surface area contributed by atoms with Crippen LogP contribution in [0.1, 0.15) is 37.8 Å². The van der Waals surface area contributed by atoms with Gasteiger partial charge in [0.05, 0.1) is 7.11 Å². The zero-order valence-electron chi connectivity index (χ0n) is 14.0. The summed E-state index contributed by atoms with van der Waals surface area (Å²) in [5, 5.41) is 12.0. The molecule has 4 nitrogen and oxygen atoms in total. The van der Waals surface area contributed by atoms with Gasteiger partial charge in [0.15, 0.2) is 0 Å². The molecule has 122 valence electrons. The number of amides is 1. The van der Waals surface area contributed by atoms with Crippen molar-refractivity contribution in [2.24, 2.45) is 5.41 Å². The van der Waals surface area contributed by atoms with E-state index in [1.165, 1.54) is 6.08 Å². The van der Waals surface area contributed by atoms with Gasteiger partial charge in [-0.3, -0.25) is 4.79 Å². The topological polar surface area (TPSA) is 58.6 Å². The minimum absolute atomic E-state index is 0.0878. The molecule has 0 aliphatic heterocycles. The van der Waals surface area contributed by atoms with Gasteiger partial charge in [-0.25, -0.2) is 0 Å². The van der Waals surface area contributed by atoms with E-state index in [9.17, 15) is 9.90 Å². The molecule has 0 heterocycles. The quantitative estimate of drug-likeness (QED) is 0.573. The Morgan fingerprint density at radius 2 is 2.14 bits per heavy atom. The van der Waals surface area contributed by atoms with Gasteiger partial charge in [-0.1, -0.05) is 25.5 Å². The third-order valence-corrected chi connectivity index (χ3v) is 3.56. The zero-order valence-corrected chi connectivity index (χ0v) is 14.0. The third kappa shape index (κ3) is 6.31. The van der Waals surface area contributed by atoms with E-state index in [1.54, 1.807) is 13.2 Å². The van der Waals surface area contributed by atoms with Crippen molar-refractivity contribution in [2.45, 2.75) is 33.6 Å². The van der Waals surface area contributed by atoms with Crippen molar-refractivity contribution >= 4 is 12.0 Å². The zero-order chi connectivity index (χ0) is 16.6. The average molecular weight is 305 g/mol. The highest BCUT2D eigenvalue weighted by molar-refractivity contribution is 5.92. The van der Waals surface area contributed by atoms with Crippen LogP contribution in [0, 0.1) is 12.3 Å². The van der Waals surface area contributed by atoms with E-state index >= 15 is 0 Å². The second-order valence-corrected chi connectivity index (χ2v) is 6.30. The van der Waals surface area contributed by atoms with Crippen molar-refractivity contribution in [1.82, 2.24) is 5.32 Å². The van der Waals surface area contributed by atoms with Crippen molar-refractivity contribution in [3.05, 3.63) is 35.4 Å². The number of hydrogen-bond acceptors (Lipinski definition) is 3. The van der Waals surface area contributed by atoms with Crippen LogP contribution in [0.15, 0.2) is 24.3 Å². The van der Waals surface area contributed by atoms with Gasteiger partial charge in [-0.05, 0) is 43.4 Å². The second-order valence-electron chi connectivity index (χ2n) is 6.30. The van der Waals surface area contributed by atoms with Crippen molar-refractivity contribution in [3.63, 3.8) is 0 Å². The SMILES string of the molecule is COc1ccc(C)cc1/C=C/C(=O)NCCCC(C)(C)CO. The van der Waals surface area contributed by atoms with E-state index in [0.29, 0.717) is 6.54 Å². The molecule has 4 heteroatoms. The molecule has 0 radical (unpaired) electrons. The normalized spacial score (nSPS) is 11.7. The van der Waals surface area contributed by atoms with Crippen LogP contribution in [-0.2, 0) is 4.79 Å². The van der Waals surface area contributed by atoms with Crippen LogP contribution in [0.4, 0.5) is 0 Å². The van der Waals surface area contributed by atoms with Crippen molar-refractivity contribution < 1.29 is 14.6 Å². The van der Waals surface area contributed by atoms with E-state index in [0.717, 1.165) is 29.7 Å². The largest absolute Gasteiger partial charge is 0.496 e. The smallest absolute Gasteiger partial charge is 0.244 e. The number of aliphatic hydroxyl groups excluding tert-OH is 1. The first kappa shape index (κ1) is 18.2. The van der Waals surface area contributed by atoms with Gasteiger partial charge < -0.3 is 15.2 Å². The fourth-order valence-electron chi connectivity index (χ4n) is 2.07. The van der Waals surface area contributed by atoms with E-state index in [1.807, 2.05) is 39.0 Å². The van der Waals surface area contributed by atoms with Crippen LogP contribution in [0.5, 0.6) is 5.75 Å². The Morgan fingerprint density at radius 3 is 2.77 bits per heavy atom. The number of benzene rings is 1. The molecule has 1 aromatic rings. The van der Waals surface area contributed by atoms with E-state index < -0.39 is 0 Å². The maximum Gasteiger partial charge on any atom is 0.244 e. The van der Waals surface area contributed by atoms with E-state index in [-0.39, 0.29) is 17.9 Å². The molecule has 0 unspecified atom stereocenters. The molecule has 0 aliphatic rings. The predicted octanol–water partition coefficient (Wildman–Crippen LogP) is 2.93. The minimum atomic E-state index is -0.120. The average Bonchev–Trinajstić information content (AvgIpc) is 2.49. The molecule has 0 aromatic heterocycles. The standard InChI is InChI=1S/C18H27NO3/c1-14-6-8-16(22-4)15(12-14)7-9-17(21)19-11-5-10-18(2,3)13-20/h6-9,12,20H,5,10-11,13H2,1-4H3,(H,19,21)/b9-7+. The molecule has 1 amide bonds. The number of aliphatic hydroxyl groups is 1. The first-order valence-corrected chi connectivity index (χ1v) is 7.59. The molecule has 22 heavy (non-hydrogen) atoms. The Balaban J connectivity index is 2.47. The number of carbonyl (C=O) groups excluding carboxylic acids is 1. The second kappa shape index (κ2) is 8.59. The lowest BCUT2D eigenvalue weighted by Crippen LogP contribution is -2.24. The Morgan fingerprint density at radius 1 is 1.41 bits per heavy atom. The van der Waals surface area contributed by atoms with Crippen LogP contribution in [0.3, 0.4) is 0 Å². The summed E-state index contributed by atoms with van der Waals surface area (Å²) in [4.78, 5) is 11.8. The number of nitrogens with one attached hydrogen (secondary N) is 1. The number of carbonyl (C=O) groups is 1. The Labute approximate surface area is 133 Å². The molecule has 0 bridgehead atoms. The molecular formula is C18H27NO3. The summed E-state index contributed by atoms with van der Waals surface area (Å²) < 4.78 is 5.27. The monoisotopic (exact) mass is 305 g/mol. The summed E-state index contributed by atoms with van der Waals surface area (Å²) in [5.41, 5.74) is 1.92. The number of hydrogen-bond donors (Lipinski definition) is 2. The van der Waals surface area contributed by atoms with Gasteiger partial charge >= 0.3 is 0 Å². The molecule has 0 saturated heterocycles. The molecule has 0 fully saturated rings. The Bertz CT molecular complexity index is 521. The van der Waals surface area contributed by atoms with Gasteiger partial charge in [0, 0.05) is 24.8 Å². The van der Waals surface area contributed by atoms with E-state index in [2.05, 4.69) is 5.32 Å². The maximum atomic E-state index is 11.8. The highest BCUT2D eigenvalue weighted by Gasteiger charge is 2.15. The van der Waals surface area contributed by atoms with Crippen molar-refractivity contribution in [3.8, 4) is 5.75 Å². The highest BCUT2D eigenvalue weighted by Crippen LogP contribution is 2.21. The lowest BCUT2D eigenvalue weighted by molar-refractivity contribution is -0.116. The number of aryl methyl sites for hydroxylation is 1. The number of ether oxygens (including phenoxy) is 1. The number of rotatable bonds is 8. The summed E-state index contributed by atoms with van der Waals surface area (Å²) in [6.07, 6.45) is 5.01. The Hall–Kier alpha value is -1.81. The summed E-state index contributed by atoms with van der Waals surface area (Å²) in [5.74, 6) is 0.629. The fraction of sp³-hybridized carbons (Fsp3) is 0.500. The van der Waals surface area contributed by atoms with Gasteiger partial charge in [0.25, 0.3) is 0 Å². The maximum absolute atomic E-state index is 11.8. The van der Waals surface area contributed by atoms with Gasteiger partial charge in [0.2, 0.25) is 5.91 Å². The van der Waals surface area contributed by atoms with Gasteiger partial charge in [-0.15, -0.1) is 0 Å². The van der Waals surface area contributed by atoms with Crippen LogP contribution in [0.25, 0.3) is 6.08 Å². The lowest BCUT2D eigenvalue weighted by atomic mass is 9.89. The Kier molecular flexibility index (Phi) is 7.12. The predicted molar refractivity (Wildman–Crippen MR) is 89.9 cm³/mol. The first-order chi connectivity index (χ1) is 10.4. The lowest BCUT2D eigenvalue weighted by Gasteiger charge is -2.20. The van der Waals surface area contributed by atoms with Crippen molar-refractivity contribution in [1.29, 1.82) is 0 Å². The van der Waals surface area contributed by atoms with Crippen molar-refractivity contribution in [2.75, 3.05) is 20.3 Å². The molecule has 1 rings (SSSR count). The van der Waals surface area contributed by atoms with E-state index in [4.69, 9.17) is 4.74 Å². The first-order valence-electron chi connectivity index (χ1n) is 7.59. The molecule has 2 N–H and O–H groups in total. The molecule has 0 atom stereocenters. The van der Waals surface area contributed by atoms with Gasteiger partial charge in [0.1, 0.15) is 5.75 Å². The fourth-order valence-corrected chi connectivity index (χ4v) is 2.07. The van der Waals surface area contributed by atoms with Crippen LogP contribution in [0.2, 0.25) is 0 Å².